The molecule has 0 bridgehead atoms. The molecule has 0 spiro atoms. The zero-order valence-corrected chi connectivity index (χ0v) is 16.6. The van der Waals surface area contributed by atoms with Crippen molar-refractivity contribution in [2.45, 2.75) is 13.0 Å². The second-order valence-electron chi connectivity index (χ2n) is 6.01. The van der Waals surface area contributed by atoms with Crippen LogP contribution < -0.4 is 9.64 Å². The number of fused-ring (bicyclic) bond motifs is 1. The summed E-state index contributed by atoms with van der Waals surface area (Å²) in [5, 5.41) is 0.596. The van der Waals surface area contributed by atoms with E-state index < -0.39 is 0 Å². The first-order chi connectivity index (χ1) is 12.0. The maximum atomic E-state index is 12.6. The van der Waals surface area contributed by atoms with Gasteiger partial charge in [-0.1, -0.05) is 23.8 Å². The van der Waals surface area contributed by atoms with Crippen molar-refractivity contribution >= 4 is 46.8 Å². The minimum Gasteiger partial charge on any atom is -0.457 e. The van der Waals surface area contributed by atoms with E-state index in [1.807, 2.05) is 18.0 Å². The van der Waals surface area contributed by atoms with E-state index in [9.17, 15) is 4.79 Å². The molecule has 0 radical (unpaired) electrons. The fraction of sp³-hybridized carbons (Fsp3) is 0.389. The zero-order chi connectivity index (χ0) is 18.0. The molecular weight excluding hydrogens is 378 g/mol. The quantitative estimate of drug-likeness (QED) is 0.419. The van der Waals surface area contributed by atoms with Gasteiger partial charge in [-0.3, -0.25) is 0 Å². The lowest BCUT2D eigenvalue weighted by Crippen LogP contribution is -2.27. The molecule has 0 saturated carbocycles. The van der Waals surface area contributed by atoms with E-state index in [4.69, 9.17) is 21.1 Å². The number of halogens is 1. The van der Waals surface area contributed by atoms with E-state index in [1.165, 1.54) is 5.57 Å². The van der Waals surface area contributed by atoms with E-state index in [2.05, 4.69) is 6.58 Å². The maximum absolute atomic E-state index is 12.6. The van der Waals surface area contributed by atoms with Gasteiger partial charge < -0.3 is 14.4 Å². The van der Waals surface area contributed by atoms with Crippen molar-refractivity contribution in [2.75, 3.05) is 35.0 Å². The predicted octanol–water partition coefficient (Wildman–Crippen LogP) is 4.35. The summed E-state index contributed by atoms with van der Waals surface area (Å²) in [6.07, 6.45) is -0.102. The highest BCUT2D eigenvalue weighted by molar-refractivity contribution is 8.01. The monoisotopic (exact) mass is 397 g/mol. The largest absolute Gasteiger partial charge is 0.457 e. The number of benzene rings is 1. The van der Waals surface area contributed by atoms with E-state index in [-0.39, 0.29) is 12.1 Å². The Balaban J connectivity index is 1.70. The molecular formula is C18H20ClNO3S2. The van der Waals surface area contributed by atoms with Gasteiger partial charge in [-0.2, -0.15) is 23.5 Å². The molecule has 0 aliphatic carbocycles. The van der Waals surface area contributed by atoms with Crippen LogP contribution in [0.15, 0.2) is 41.8 Å². The molecule has 2 heterocycles. The molecule has 25 heavy (non-hydrogen) atoms. The van der Waals surface area contributed by atoms with Crippen LogP contribution in [-0.4, -0.2) is 42.1 Å². The lowest BCUT2D eigenvalue weighted by atomic mass is 10.2. The van der Waals surface area contributed by atoms with Crippen molar-refractivity contribution in [3.63, 3.8) is 0 Å². The third-order valence-electron chi connectivity index (χ3n) is 3.92. The number of carbonyl (C=O) groups excluding carboxylic acids is 1. The van der Waals surface area contributed by atoms with E-state index in [1.54, 1.807) is 42.6 Å². The molecule has 3 rings (SSSR count). The number of nitrogens with zero attached hydrogens (tertiary/aromatic N) is 1. The smallest absolute Gasteiger partial charge is 0.339 e. The molecule has 1 aromatic carbocycles. The molecule has 0 aromatic heterocycles. The SMILES string of the molecule is C=C1CSCC(OC(=O)/C(C)=C2\Oc3cc(Cl)ccc3N2C)CSC1. The topological polar surface area (TPSA) is 38.8 Å². The van der Waals surface area contributed by atoms with Crippen LogP contribution >= 0.6 is 35.1 Å². The highest BCUT2D eigenvalue weighted by Crippen LogP contribution is 2.40. The number of anilines is 1. The first-order valence-corrected chi connectivity index (χ1v) is 10.6. The van der Waals surface area contributed by atoms with Crippen LogP contribution in [-0.2, 0) is 9.53 Å². The number of thioether (sulfide) groups is 2. The van der Waals surface area contributed by atoms with Gasteiger partial charge in [-0.15, -0.1) is 0 Å². The molecule has 4 nitrogen and oxygen atoms in total. The van der Waals surface area contributed by atoms with Crippen LogP contribution in [0.5, 0.6) is 5.75 Å². The first-order valence-electron chi connectivity index (χ1n) is 7.91. The molecule has 2 aliphatic rings. The fourth-order valence-electron chi connectivity index (χ4n) is 2.61. The molecule has 0 atom stereocenters. The second-order valence-corrected chi connectivity index (χ2v) is 8.51. The Morgan fingerprint density at radius 3 is 2.72 bits per heavy atom. The van der Waals surface area contributed by atoms with Crippen molar-refractivity contribution in [1.29, 1.82) is 0 Å². The summed E-state index contributed by atoms with van der Waals surface area (Å²) in [7, 11) is 1.86. The summed E-state index contributed by atoms with van der Waals surface area (Å²) < 4.78 is 11.5. The highest BCUT2D eigenvalue weighted by atomic mass is 35.5. The molecule has 1 fully saturated rings. The fourth-order valence-corrected chi connectivity index (χ4v) is 4.97. The van der Waals surface area contributed by atoms with Crippen LogP contribution in [0.3, 0.4) is 0 Å². The van der Waals surface area contributed by atoms with Crippen LogP contribution in [0.1, 0.15) is 6.92 Å². The average Bonchev–Trinajstić information content (AvgIpc) is 2.87. The summed E-state index contributed by atoms with van der Waals surface area (Å²) >= 11 is 9.53. The Labute approximate surface area is 161 Å². The Morgan fingerprint density at radius 1 is 1.36 bits per heavy atom. The van der Waals surface area contributed by atoms with Crippen LogP contribution in [0.4, 0.5) is 5.69 Å². The average molecular weight is 398 g/mol. The molecule has 0 amide bonds. The zero-order valence-electron chi connectivity index (χ0n) is 14.2. The number of hydrogen-bond acceptors (Lipinski definition) is 6. The predicted molar refractivity (Wildman–Crippen MR) is 107 cm³/mol. The Kier molecular flexibility index (Phi) is 5.92. The number of ether oxygens (including phenoxy) is 2. The van der Waals surface area contributed by atoms with Gasteiger partial charge in [0.25, 0.3) is 0 Å². The lowest BCUT2D eigenvalue weighted by Gasteiger charge is -2.21. The van der Waals surface area contributed by atoms with Gasteiger partial charge in [0, 0.05) is 41.1 Å². The third kappa shape index (κ3) is 4.30. The normalized spacial score (nSPS) is 20.4. The summed E-state index contributed by atoms with van der Waals surface area (Å²) in [5.74, 6) is 4.20. The van der Waals surface area contributed by atoms with E-state index in [0.717, 1.165) is 28.7 Å². The minimum absolute atomic E-state index is 0.102. The summed E-state index contributed by atoms with van der Waals surface area (Å²) in [6.45, 7) is 5.76. The Hall–Kier alpha value is -1.24. The van der Waals surface area contributed by atoms with Gasteiger partial charge in [0.05, 0.1) is 11.3 Å². The number of hydrogen-bond donors (Lipinski definition) is 0. The summed E-state index contributed by atoms with van der Waals surface area (Å²) in [5.41, 5.74) is 2.56. The second kappa shape index (κ2) is 7.98. The van der Waals surface area contributed by atoms with Crippen molar-refractivity contribution in [3.05, 3.63) is 46.8 Å². The molecule has 1 aromatic rings. The summed E-state index contributed by atoms with van der Waals surface area (Å²) in [6, 6.07) is 5.42. The molecule has 134 valence electrons. The third-order valence-corrected chi connectivity index (χ3v) is 6.59. The maximum Gasteiger partial charge on any atom is 0.339 e. The van der Waals surface area contributed by atoms with Gasteiger partial charge in [-0.05, 0) is 19.1 Å². The molecule has 7 heteroatoms. The van der Waals surface area contributed by atoms with Gasteiger partial charge in [0.15, 0.2) is 5.75 Å². The lowest BCUT2D eigenvalue weighted by molar-refractivity contribution is -0.142. The first kappa shape index (κ1) is 18.5. The minimum atomic E-state index is -0.341. The van der Waals surface area contributed by atoms with Crippen molar-refractivity contribution < 1.29 is 14.3 Å². The van der Waals surface area contributed by atoms with Gasteiger partial charge in [0.2, 0.25) is 5.88 Å². The standard InChI is InChI=1S/C18H20ClNO3S2/c1-11-7-24-9-14(10-25-8-11)22-18(21)12(2)17-20(3)15-5-4-13(19)6-16(15)23-17/h4-6,14H,1,7-10H2,2-3H3/b17-12-. The number of rotatable bonds is 2. The van der Waals surface area contributed by atoms with Crippen molar-refractivity contribution in [2.24, 2.45) is 0 Å². The Morgan fingerprint density at radius 2 is 2.04 bits per heavy atom. The molecule has 0 N–H and O–H groups in total. The van der Waals surface area contributed by atoms with Gasteiger partial charge in [-0.25, -0.2) is 4.79 Å². The number of esters is 1. The number of carbonyl (C=O) groups is 1. The Bertz CT molecular complexity index is 723. The van der Waals surface area contributed by atoms with Crippen LogP contribution in [0.25, 0.3) is 0 Å². The van der Waals surface area contributed by atoms with Crippen molar-refractivity contribution in [3.8, 4) is 5.75 Å². The van der Waals surface area contributed by atoms with Crippen molar-refractivity contribution in [1.82, 2.24) is 0 Å². The van der Waals surface area contributed by atoms with Crippen LogP contribution in [0, 0.1) is 0 Å². The van der Waals surface area contributed by atoms with Crippen LogP contribution in [0.2, 0.25) is 5.02 Å². The van der Waals surface area contributed by atoms with E-state index >= 15 is 0 Å². The molecule has 2 aliphatic heterocycles. The molecule has 1 saturated heterocycles. The molecule has 0 unspecified atom stereocenters. The summed E-state index contributed by atoms with van der Waals surface area (Å²) in [4.78, 5) is 14.4. The highest BCUT2D eigenvalue weighted by Gasteiger charge is 2.29. The van der Waals surface area contributed by atoms with Gasteiger partial charge >= 0.3 is 5.97 Å². The van der Waals surface area contributed by atoms with E-state index in [0.29, 0.717) is 22.2 Å². The van der Waals surface area contributed by atoms with Gasteiger partial charge in [0.1, 0.15) is 6.10 Å².